The fourth-order valence-corrected chi connectivity index (χ4v) is 2.61. The Kier molecular flexibility index (Phi) is 6.25. The summed E-state index contributed by atoms with van der Waals surface area (Å²) in [7, 11) is 1.99. The summed E-state index contributed by atoms with van der Waals surface area (Å²) in [5.74, 6) is 0.903. The maximum atomic E-state index is 12.1. The molecular weight excluding hydrogens is 276 g/mol. The molecule has 0 aliphatic carbocycles. The van der Waals surface area contributed by atoms with E-state index >= 15 is 0 Å². The van der Waals surface area contributed by atoms with Crippen LogP contribution in [0.15, 0.2) is 35.3 Å². The molecule has 1 aliphatic heterocycles. The number of aliphatic imine (C=N–C) groups is 1. The van der Waals surface area contributed by atoms with Gasteiger partial charge in [0.15, 0.2) is 5.96 Å². The van der Waals surface area contributed by atoms with Gasteiger partial charge in [0.05, 0.1) is 0 Å². The average Bonchev–Trinajstić information content (AvgIpc) is 3.06. The van der Waals surface area contributed by atoms with Gasteiger partial charge in [0.2, 0.25) is 5.91 Å². The van der Waals surface area contributed by atoms with Crippen molar-refractivity contribution in [2.45, 2.75) is 26.3 Å². The van der Waals surface area contributed by atoms with Crippen molar-refractivity contribution in [1.82, 2.24) is 15.1 Å². The van der Waals surface area contributed by atoms with Crippen LogP contribution in [-0.2, 0) is 11.3 Å². The van der Waals surface area contributed by atoms with Crippen molar-refractivity contribution >= 4 is 11.9 Å². The third kappa shape index (κ3) is 4.76. The van der Waals surface area contributed by atoms with Gasteiger partial charge >= 0.3 is 0 Å². The summed E-state index contributed by atoms with van der Waals surface area (Å²) in [6.45, 7) is 5.57. The Bertz CT molecular complexity index is 495. The first-order valence-electron chi connectivity index (χ1n) is 8.02. The van der Waals surface area contributed by atoms with E-state index in [4.69, 9.17) is 0 Å². The minimum Gasteiger partial charge on any atom is -0.357 e. The number of hydrogen-bond donors (Lipinski definition) is 1. The van der Waals surface area contributed by atoms with E-state index in [0.717, 1.165) is 45.0 Å². The Hall–Kier alpha value is -2.04. The monoisotopic (exact) mass is 302 g/mol. The van der Waals surface area contributed by atoms with E-state index in [0.29, 0.717) is 0 Å². The molecule has 0 unspecified atom stereocenters. The lowest BCUT2D eigenvalue weighted by Gasteiger charge is -2.22. The van der Waals surface area contributed by atoms with Crippen molar-refractivity contribution < 1.29 is 4.79 Å². The number of amides is 1. The first kappa shape index (κ1) is 16.3. The molecule has 120 valence electrons. The SMILES string of the molecule is CCNC(=NCC(=O)N1CCCC1)N(C)Cc1ccccc1. The van der Waals surface area contributed by atoms with Crippen LogP contribution in [-0.4, -0.2) is 54.9 Å². The highest BCUT2D eigenvalue weighted by atomic mass is 16.2. The molecule has 1 aromatic rings. The Balaban J connectivity index is 1.95. The van der Waals surface area contributed by atoms with Crippen molar-refractivity contribution in [3.63, 3.8) is 0 Å². The third-order valence-electron chi connectivity index (χ3n) is 3.78. The number of nitrogens with zero attached hydrogens (tertiary/aromatic N) is 3. The van der Waals surface area contributed by atoms with Gasteiger partial charge in [0, 0.05) is 33.2 Å². The molecule has 1 amide bonds. The zero-order valence-corrected chi connectivity index (χ0v) is 13.6. The second-order valence-corrected chi connectivity index (χ2v) is 5.60. The predicted octanol–water partition coefficient (Wildman–Crippen LogP) is 1.71. The highest BCUT2D eigenvalue weighted by Gasteiger charge is 2.17. The number of nitrogens with one attached hydrogen (secondary N) is 1. The Labute approximate surface area is 133 Å². The van der Waals surface area contributed by atoms with Crippen LogP contribution in [0, 0.1) is 0 Å². The fraction of sp³-hybridized carbons (Fsp3) is 0.529. The van der Waals surface area contributed by atoms with Gasteiger partial charge in [0.1, 0.15) is 6.54 Å². The molecule has 0 aromatic heterocycles. The molecule has 1 aromatic carbocycles. The molecule has 0 saturated carbocycles. The summed E-state index contributed by atoms with van der Waals surface area (Å²) in [4.78, 5) is 20.6. The molecule has 1 heterocycles. The molecule has 22 heavy (non-hydrogen) atoms. The lowest BCUT2D eigenvalue weighted by atomic mass is 10.2. The number of carbonyl (C=O) groups excluding carboxylic acids is 1. The molecule has 2 rings (SSSR count). The normalized spacial score (nSPS) is 15.0. The molecule has 0 spiro atoms. The summed E-state index contributed by atoms with van der Waals surface area (Å²) in [6.07, 6.45) is 2.23. The van der Waals surface area contributed by atoms with Gasteiger partial charge in [-0.2, -0.15) is 0 Å². The van der Waals surface area contributed by atoms with E-state index in [1.54, 1.807) is 0 Å². The lowest BCUT2D eigenvalue weighted by Crippen LogP contribution is -2.39. The maximum Gasteiger partial charge on any atom is 0.244 e. The van der Waals surface area contributed by atoms with Crippen LogP contribution >= 0.6 is 0 Å². The van der Waals surface area contributed by atoms with Gasteiger partial charge in [0.25, 0.3) is 0 Å². The Morgan fingerprint density at radius 2 is 1.95 bits per heavy atom. The Morgan fingerprint density at radius 1 is 1.27 bits per heavy atom. The number of carbonyl (C=O) groups is 1. The van der Waals surface area contributed by atoms with Crippen molar-refractivity contribution in [2.24, 2.45) is 4.99 Å². The highest BCUT2D eigenvalue weighted by molar-refractivity contribution is 5.85. The van der Waals surface area contributed by atoms with Crippen molar-refractivity contribution in [3.8, 4) is 0 Å². The van der Waals surface area contributed by atoms with Crippen LogP contribution in [0.5, 0.6) is 0 Å². The van der Waals surface area contributed by atoms with Crippen LogP contribution in [0.2, 0.25) is 0 Å². The minimum atomic E-state index is 0.126. The van der Waals surface area contributed by atoms with Crippen LogP contribution in [0.1, 0.15) is 25.3 Å². The molecule has 1 fully saturated rings. The largest absolute Gasteiger partial charge is 0.357 e. The van der Waals surface area contributed by atoms with Gasteiger partial charge in [-0.25, -0.2) is 4.99 Å². The number of rotatable bonds is 5. The second-order valence-electron chi connectivity index (χ2n) is 5.60. The minimum absolute atomic E-state index is 0.126. The first-order chi connectivity index (χ1) is 10.7. The van der Waals surface area contributed by atoms with E-state index in [-0.39, 0.29) is 12.5 Å². The standard InChI is InChI=1S/C17H26N4O/c1-3-18-17(19-13-16(22)21-11-7-8-12-21)20(2)14-15-9-5-4-6-10-15/h4-6,9-10H,3,7-8,11-14H2,1-2H3,(H,18,19). The smallest absolute Gasteiger partial charge is 0.244 e. The van der Waals surface area contributed by atoms with Gasteiger partial charge < -0.3 is 15.1 Å². The Morgan fingerprint density at radius 3 is 2.59 bits per heavy atom. The van der Waals surface area contributed by atoms with Crippen LogP contribution in [0.3, 0.4) is 0 Å². The van der Waals surface area contributed by atoms with Gasteiger partial charge in [-0.3, -0.25) is 4.79 Å². The van der Waals surface area contributed by atoms with E-state index in [2.05, 4.69) is 27.3 Å². The summed E-state index contributed by atoms with van der Waals surface area (Å²) >= 11 is 0. The quantitative estimate of drug-likeness (QED) is 0.665. The number of guanidine groups is 1. The van der Waals surface area contributed by atoms with Crippen molar-refractivity contribution in [3.05, 3.63) is 35.9 Å². The molecule has 0 radical (unpaired) electrons. The number of benzene rings is 1. The van der Waals surface area contributed by atoms with Crippen molar-refractivity contribution in [2.75, 3.05) is 33.2 Å². The third-order valence-corrected chi connectivity index (χ3v) is 3.78. The van der Waals surface area contributed by atoms with Crippen molar-refractivity contribution in [1.29, 1.82) is 0 Å². The van der Waals surface area contributed by atoms with E-state index in [9.17, 15) is 4.79 Å². The maximum absolute atomic E-state index is 12.1. The average molecular weight is 302 g/mol. The van der Waals surface area contributed by atoms with Crippen LogP contribution in [0.25, 0.3) is 0 Å². The topological polar surface area (TPSA) is 47.9 Å². The molecular formula is C17H26N4O. The summed E-state index contributed by atoms with van der Waals surface area (Å²) in [6, 6.07) is 10.3. The van der Waals surface area contributed by atoms with E-state index in [1.807, 2.05) is 37.1 Å². The molecule has 1 N–H and O–H groups in total. The summed E-state index contributed by atoms with van der Waals surface area (Å²) < 4.78 is 0. The molecule has 0 atom stereocenters. The molecule has 5 nitrogen and oxygen atoms in total. The summed E-state index contributed by atoms with van der Waals surface area (Å²) in [5, 5.41) is 3.25. The zero-order chi connectivity index (χ0) is 15.8. The number of likely N-dealkylation sites (tertiary alicyclic amines) is 1. The molecule has 1 aliphatic rings. The van der Waals surface area contributed by atoms with Crippen LogP contribution in [0.4, 0.5) is 0 Å². The predicted molar refractivity (Wildman–Crippen MR) is 89.7 cm³/mol. The number of hydrogen-bond acceptors (Lipinski definition) is 2. The van der Waals surface area contributed by atoms with E-state index < -0.39 is 0 Å². The molecule has 5 heteroatoms. The highest BCUT2D eigenvalue weighted by Crippen LogP contribution is 2.07. The fourth-order valence-electron chi connectivity index (χ4n) is 2.61. The molecule has 1 saturated heterocycles. The van der Waals surface area contributed by atoms with Gasteiger partial charge in [-0.1, -0.05) is 30.3 Å². The van der Waals surface area contributed by atoms with Gasteiger partial charge in [-0.05, 0) is 25.3 Å². The van der Waals surface area contributed by atoms with Gasteiger partial charge in [-0.15, -0.1) is 0 Å². The first-order valence-corrected chi connectivity index (χ1v) is 8.02. The second kappa shape index (κ2) is 8.41. The summed E-state index contributed by atoms with van der Waals surface area (Å²) in [5.41, 5.74) is 1.22. The lowest BCUT2D eigenvalue weighted by molar-refractivity contribution is -0.128. The van der Waals surface area contributed by atoms with E-state index in [1.165, 1.54) is 5.56 Å². The molecule has 0 bridgehead atoms. The zero-order valence-electron chi connectivity index (χ0n) is 13.6. The van der Waals surface area contributed by atoms with Crippen LogP contribution < -0.4 is 5.32 Å².